The van der Waals surface area contributed by atoms with Gasteiger partial charge in [0.15, 0.2) is 13.9 Å². The van der Waals surface area contributed by atoms with Crippen LogP contribution in [-0.4, -0.2) is 39.7 Å². The Morgan fingerprint density at radius 2 is 1.72 bits per heavy atom. The van der Waals surface area contributed by atoms with Crippen LogP contribution >= 0.6 is 11.3 Å². The molecule has 10 heteroatoms. The Kier molecular flexibility index (Phi) is 7.69. The lowest BCUT2D eigenvalue weighted by atomic mass is 9.92. The minimum absolute atomic E-state index is 0.0396. The van der Waals surface area contributed by atoms with Gasteiger partial charge in [-0.05, 0) is 69.4 Å². The fourth-order valence-electron chi connectivity index (χ4n) is 3.68. The first-order valence-corrected chi connectivity index (χ1v) is 17.3. The number of ether oxygens (including phenoxy) is 1. The second kappa shape index (κ2) is 9.70. The molecular formula is C26H38N2O5S2Si. The summed E-state index contributed by atoms with van der Waals surface area (Å²) in [5, 5.41) is 1.71. The van der Waals surface area contributed by atoms with Gasteiger partial charge in [-0.2, -0.15) is 0 Å². The second-order valence-corrected chi connectivity index (χ2v) is 19.2. The van der Waals surface area contributed by atoms with E-state index in [1.54, 1.807) is 24.3 Å². The molecule has 0 amide bonds. The van der Waals surface area contributed by atoms with Gasteiger partial charge in [0.1, 0.15) is 17.5 Å². The number of nitrogens with zero attached hydrogens (tertiary/aromatic N) is 1. The van der Waals surface area contributed by atoms with Gasteiger partial charge >= 0.3 is 5.97 Å². The number of aliphatic imine (C=N–C) groups is 1. The van der Waals surface area contributed by atoms with Crippen molar-refractivity contribution in [3.63, 3.8) is 0 Å². The third-order valence-electron chi connectivity index (χ3n) is 6.54. The van der Waals surface area contributed by atoms with Crippen molar-refractivity contribution in [3.05, 3.63) is 52.2 Å². The van der Waals surface area contributed by atoms with Crippen LogP contribution in [0.25, 0.3) is 0 Å². The van der Waals surface area contributed by atoms with Gasteiger partial charge in [0, 0.05) is 11.3 Å². The van der Waals surface area contributed by atoms with E-state index < -0.39 is 41.6 Å². The summed E-state index contributed by atoms with van der Waals surface area (Å²) in [7, 11) is -6.45. The molecule has 0 bridgehead atoms. The Labute approximate surface area is 220 Å². The number of carbonyl (C=O) groups excluding carboxylic acids is 1. The molecule has 1 N–H and O–H groups in total. The maximum absolute atomic E-state index is 13.9. The van der Waals surface area contributed by atoms with E-state index in [2.05, 4.69) is 38.6 Å². The van der Waals surface area contributed by atoms with E-state index in [9.17, 15) is 13.2 Å². The Bertz CT molecular complexity index is 1220. The van der Waals surface area contributed by atoms with Crippen molar-refractivity contribution in [3.8, 4) is 0 Å². The SMILES string of the molecule is Cc1ccc(S(=O)(=O)NC2=N[C@H](c3cccs3)[C@@](O[Si](C)(C)C(C)(C)C)(C(=O)OC(C)(C)C)C2)cc1. The van der Waals surface area contributed by atoms with Crippen molar-refractivity contribution in [1.82, 2.24) is 4.72 Å². The average Bonchev–Trinajstić information content (AvgIpc) is 3.34. The van der Waals surface area contributed by atoms with Crippen LogP contribution in [0, 0.1) is 6.92 Å². The molecule has 0 radical (unpaired) electrons. The average molecular weight is 551 g/mol. The highest BCUT2D eigenvalue weighted by molar-refractivity contribution is 7.90. The minimum Gasteiger partial charge on any atom is -0.458 e. The van der Waals surface area contributed by atoms with E-state index in [0.717, 1.165) is 10.4 Å². The lowest BCUT2D eigenvalue weighted by molar-refractivity contribution is -0.176. The van der Waals surface area contributed by atoms with Crippen LogP contribution in [0.4, 0.5) is 0 Å². The van der Waals surface area contributed by atoms with Crippen LogP contribution in [0.2, 0.25) is 18.1 Å². The number of amidine groups is 1. The molecule has 3 rings (SSSR count). The first kappa shape index (κ1) is 28.6. The Morgan fingerprint density at radius 3 is 2.22 bits per heavy atom. The summed E-state index contributed by atoms with van der Waals surface area (Å²) in [6, 6.07) is 9.63. The molecule has 0 aliphatic carbocycles. The van der Waals surface area contributed by atoms with Gasteiger partial charge in [0.05, 0.1) is 4.90 Å². The van der Waals surface area contributed by atoms with Crippen molar-refractivity contribution in [1.29, 1.82) is 0 Å². The van der Waals surface area contributed by atoms with Gasteiger partial charge < -0.3 is 9.16 Å². The summed E-state index contributed by atoms with van der Waals surface area (Å²) in [4.78, 5) is 19.6. The molecule has 2 heterocycles. The third kappa shape index (κ3) is 6.09. The number of rotatable bonds is 6. The topological polar surface area (TPSA) is 94.1 Å². The van der Waals surface area contributed by atoms with Crippen LogP contribution in [0.3, 0.4) is 0 Å². The fraction of sp³-hybridized carbons (Fsp3) is 0.538. The van der Waals surface area contributed by atoms with E-state index in [1.807, 2.05) is 45.2 Å². The van der Waals surface area contributed by atoms with Gasteiger partial charge in [0.2, 0.25) is 0 Å². The number of benzene rings is 1. The van der Waals surface area contributed by atoms with E-state index in [4.69, 9.17) is 14.2 Å². The van der Waals surface area contributed by atoms with Crippen molar-refractivity contribution >= 4 is 41.5 Å². The summed E-state index contributed by atoms with van der Waals surface area (Å²) in [5.41, 5.74) is -1.30. The number of hydrogen-bond acceptors (Lipinski definition) is 7. The highest BCUT2D eigenvalue weighted by Gasteiger charge is 2.59. The fourth-order valence-corrected chi connectivity index (χ4v) is 7.05. The zero-order valence-corrected chi connectivity index (χ0v) is 25.3. The molecule has 0 unspecified atom stereocenters. The third-order valence-corrected chi connectivity index (χ3v) is 13.3. The van der Waals surface area contributed by atoms with E-state index >= 15 is 0 Å². The smallest absolute Gasteiger partial charge is 0.340 e. The van der Waals surface area contributed by atoms with E-state index in [0.29, 0.717) is 0 Å². The van der Waals surface area contributed by atoms with Gasteiger partial charge in [0.25, 0.3) is 10.0 Å². The largest absolute Gasteiger partial charge is 0.458 e. The molecule has 2 atom stereocenters. The predicted molar refractivity (Wildman–Crippen MR) is 147 cm³/mol. The first-order chi connectivity index (χ1) is 16.4. The molecule has 0 fully saturated rings. The van der Waals surface area contributed by atoms with Crippen molar-refractivity contribution in [2.45, 2.75) is 95.2 Å². The molecule has 1 aliphatic heterocycles. The Balaban J connectivity index is 2.10. The maximum atomic E-state index is 13.9. The van der Waals surface area contributed by atoms with Gasteiger partial charge in [-0.25, -0.2) is 13.2 Å². The van der Waals surface area contributed by atoms with E-state index in [-0.39, 0.29) is 22.2 Å². The normalized spacial score (nSPS) is 21.2. The molecular weight excluding hydrogens is 513 g/mol. The quantitative estimate of drug-likeness (QED) is 0.353. The van der Waals surface area contributed by atoms with Gasteiger partial charge in [-0.1, -0.05) is 44.5 Å². The zero-order valence-electron chi connectivity index (χ0n) is 22.6. The molecule has 198 valence electrons. The first-order valence-electron chi connectivity index (χ1n) is 12.0. The van der Waals surface area contributed by atoms with Crippen LogP contribution in [0.15, 0.2) is 51.7 Å². The molecule has 0 saturated heterocycles. The molecule has 0 saturated carbocycles. The number of thiophene rings is 1. The summed E-state index contributed by atoms with van der Waals surface area (Å²) in [6.45, 7) is 17.7. The van der Waals surface area contributed by atoms with Crippen molar-refractivity contribution < 1.29 is 22.4 Å². The highest BCUT2D eigenvalue weighted by Crippen LogP contribution is 2.49. The van der Waals surface area contributed by atoms with Crippen molar-refractivity contribution in [2.24, 2.45) is 4.99 Å². The summed E-state index contributed by atoms with van der Waals surface area (Å²) in [5.74, 6) is -0.356. The molecule has 1 aromatic carbocycles. The molecule has 7 nitrogen and oxygen atoms in total. The van der Waals surface area contributed by atoms with Crippen LogP contribution in [0.1, 0.15) is 64.4 Å². The lowest BCUT2D eigenvalue weighted by Crippen LogP contribution is -2.57. The zero-order chi connectivity index (χ0) is 27.2. The molecule has 0 spiro atoms. The van der Waals surface area contributed by atoms with E-state index in [1.165, 1.54) is 11.3 Å². The van der Waals surface area contributed by atoms with Crippen LogP contribution in [0.5, 0.6) is 0 Å². The lowest BCUT2D eigenvalue weighted by Gasteiger charge is -2.45. The van der Waals surface area contributed by atoms with Crippen LogP contribution in [-0.2, 0) is 24.0 Å². The monoisotopic (exact) mass is 550 g/mol. The number of aryl methyl sites for hydroxylation is 1. The van der Waals surface area contributed by atoms with Gasteiger partial charge in [-0.3, -0.25) is 9.71 Å². The summed E-state index contributed by atoms with van der Waals surface area (Å²) >= 11 is 1.45. The summed E-state index contributed by atoms with van der Waals surface area (Å²) in [6.07, 6.45) is -0.0396. The standard InChI is InChI=1S/C26H38N2O5S2Si/c1-18-12-14-19(15-13-18)35(30,31)28-21-17-26(23(29)32-24(2,3)4,33-36(8,9)25(5,6)7)22(27-21)20-11-10-16-34-20/h10-16,22H,17H2,1-9H3,(H,27,28)/t22-,26-/m1/s1. The number of carbonyl (C=O) groups is 1. The minimum atomic E-state index is -3.91. The molecule has 36 heavy (non-hydrogen) atoms. The van der Waals surface area contributed by atoms with Crippen LogP contribution < -0.4 is 4.72 Å². The van der Waals surface area contributed by atoms with Gasteiger partial charge in [-0.15, -0.1) is 11.3 Å². The number of sulfonamides is 1. The maximum Gasteiger partial charge on any atom is 0.340 e. The molecule has 2 aromatic rings. The number of esters is 1. The number of nitrogens with one attached hydrogen (secondary N) is 1. The highest BCUT2D eigenvalue weighted by atomic mass is 32.2. The molecule has 1 aromatic heterocycles. The predicted octanol–water partition coefficient (Wildman–Crippen LogP) is 5.98. The Morgan fingerprint density at radius 1 is 1.11 bits per heavy atom. The Hall–Kier alpha value is -2.01. The molecule has 1 aliphatic rings. The van der Waals surface area contributed by atoms with Crippen molar-refractivity contribution in [2.75, 3.05) is 0 Å². The number of hydrogen-bond donors (Lipinski definition) is 1. The summed E-state index contributed by atoms with van der Waals surface area (Å²) < 4.78 is 41.8. The second-order valence-electron chi connectivity index (χ2n) is 11.8.